The van der Waals surface area contributed by atoms with Gasteiger partial charge in [0.05, 0.1) is 111 Å². The number of pyridine rings is 5. The number of hydrogen-bond donors (Lipinski definition) is 0. The van der Waals surface area contributed by atoms with Crippen molar-refractivity contribution in [1.29, 1.82) is 0 Å². The Morgan fingerprint density at radius 3 is 0.992 bits per heavy atom. The molecule has 11 heteroatoms. The zero-order chi connectivity index (χ0) is 84.0. The molecule has 0 unspecified atom stereocenters. The van der Waals surface area contributed by atoms with Crippen LogP contribution in [0, 0.1) is 0 Å². The van der Waals surface area contributed by atoms with Gasteiger partial charge in [0.2, 0.25) is 0 Å². The van der Waals surface area contributed by atoms with E-state index in [2.05, 4.69) is 396 Å². The molecule has 17 aromatic carbocycles. The quantitative estimate of drug-likeness (QED) is 0.151. The third-order valence-corrected chi connectivity index (χ3v) is 29.2. The van der Waals surface area contributed by atoms with Crippen molar-refractivity contribution in [3.05, 3.63) is 425 Å². The average Bonchev–Trinajstić information content (AvgIpc) is 1.55. The van der Waals surface area contributed by atoms with E-state index in [1.165, 1.54) is 164 Å². The highest BCUT2D eigenvalue weighted by Crippen LogP contribution is 2.53. The second-order valence-electron chi connectivity index (χ2n) is 32.8. The van der Waals surface area contributed by atoms with Gasteiger partial charge >= 0.3 is 0 Å². The Labute approximate surface area is 745 Å². The fraction of sp³-hybridized carbons (Fsp3) is 0. The van der Waals surface area contributed by atoms with Gasteiger partial charge in [-0.15, -0.1) is 34.0 Å². The molecule has 11 heterocycles. The largest absolute Gasteiger partial charge is 0.308 e. The van der Waals surface area contributed by atoms with E-state index in [0.29, 0.717) is 0 Å². The number of thiophene rings is 3. The number of rotatable bonds is 8. The van der Waals surface area contributed by atoms with Crippen LogP contribution in [0.4, 0.5) is 0 Å². The minimum atomic E-state index is 0.868. The maximum absolute atomic E-state index is 5.13. The molecular formula is C117H70N8S3. The van der Waals surface area contributed by atoms with E-state index in [4.69, 9.17) is 24.9 Å². The molecule has 0 amide bonds. The summed E-state index contributed by atoms with van der Waals surface area (Å²) >= 11 is 5.66. The first-order chi connectivity index (χ1) is 63.5. The van der Waals surface area contributed by atoms with Gasteiger partial charge in [0.1, 0.15) is 0 Å². The molecule has 0 aliphatic heterocycles. The summed E-state index contributed by atoms with van der Waals surface area (Å²) in [4.78, 5) is 24.6. The fourth-order valence-electron chi connectivity index (χ4n) is 20.0. The highest BCUT2D eigenvalue weighted by molar-refractivity contribution is 7.28. The first-order valence-corrected chi connectivity index (χ1v) is 45.6. The second-order valence-corrected chi connectivity index (χ2v) is 35.9. The Morgan fingerprint density at radius 1 is 0.188 bits per heavy atom. The van der Waals surface area contributed by atoms with Crippen molar-refractivity contribution in [1.82, 2.24) is 38.6 Å². The van der Waals surface area contributed by atoms with Gasteiger partial charge in [0.15, 0.2) is 0 Å². The molecule has 0 aliphatic carbocycles. The maximum Gasteiger partial charge on any atom is 0.0893 e. The van der Waals surface area contributed by atoms with E-state index in [9.17, 15) is 0 Å². The van der Waals surface area contributed by atoms with Crippen LogP contribution in [-0.4, -0.2) is 38.6 Å². The van der Waals surface area contributed by atoms with E-state index in [1.807, 2.05) is 76.9 Å². The van der Waals surface area contributed by atoms with Crippen LogP contribution in [0.2, 0.25) is 0 Å². The van der Waals surface area contributed by atoms with E-state index >= 15 is 0 Å². The molecule has 0 bridgehead atoms. The van der Waals surface area contributed by atoms with E-state index < -0.39 is 0 Å². The van der Waals surface area contributed by atoms with E-state index in [1.54, 1.807) is 0 Å². The average molecular weight is 1680 g/mol. The molecule has 596 valence electrons. The highest BCUT2D eigenvalue weighted by atomic mass is 32.1. The van der Waals surface area contributed by atoms with Crippen LogP contribution in [0.25, 0.3) is 253 Å². The topological polar surface area (TPSA) is 79.2 Å². The molecule has 0 fully saturated rings. The van der Waals surface area contributed by atoms with Crippen LogP contribution < -0.4 is 0 Å². The number of fused-ring (bicyclic) bond motifs is 32. The second kappa shape index (κ2) is 29.8. The van der Waals surface area contributed by atoms with Crippen LogP contribution in [0.15, 0.2) is 425 Å². The lowest BCUT2D eigenvalue weighted by Gasteiger charge is -2.13. The smallest absolute Gasteiger partial charge is 0.0893 e. The molecule has 0 N–H and O–H groups in total. The summed E-state index contributed by atoms with van der Waals surface area (Å²) in [5.41, 5.74) is 21.5. The van der Waals surface area contributed by atoms with Gasteiger partial charge in [0, 0.05) is 113 Å². The molecule has 0 spiro atoms. The Kier molecular flexibility index (Phi) is 17.1. The third-order valence-electron chi connectivity index (χ3n) is 25.6. The predicted molar refractivity (Wildman–Crippen MR) is 545 cm³/mol. The Morgan fingerprint density at radius 2 is 0.539 bits per heavy atom. The highest BCUT2D eigenvalue weighted by Gasteiger charge is 2.27. The molecule has 11 aromatic heterocycles. The Balaban J connectivity index is 0.000000102. The molecular weight excluding hydrogens is 1610 g/mol. The van der Waals surface area contributed by atoms with Crippen molar-refractivity contribution in [3.63, 3.8) is 0 Å². The summed E-state index contributed by atoms with van der Waals surface area (Å²) in [6, 6.07) is 145. The van der Waals surface area contributed by atoms with Crippen LogP contribution in [0.5, 0.6) is 0 Å². The van der Waals surface area contributed by atoms with E-state index in [-0.39, 0.29) is 0 Å². The van der Waals surface area contributed by atoms with Crippen molar-refractivity contribution in [2.45, 2.75) is 0 Å². The number of aromatic nitrogens is 8. The lowest BCUT2D eigenvalue weighted by Crippen LogP contribution is -1.96. The maximum atomic E-state index is 5.13. The monoisotopic (exact) mass is 1680 g/mol. The number of hydrogen-bond acceptors (Lipinski definition) is 8. The number of para-hydroxylation sites is 4. The van der Waals surface area contributed by atoms with Crippen molar-refractivity contribution in [3.8, 4) is 73.5 Å². The van der Waals surface area contributed by atoms with Crippen molar-refractivity contribution < 1.29 is 0 Å². The molecule has 0 saturated carbocycles. The first kappa shape index (κ1) is 73.4. The van der Waals surface area contributed by atoms with Crippen LogP contribution in [0.1, 0.15) is 0 Å². The van der Waals surface area contributed by atoms with Crippen LogP contribution >= 0.6 is 34.0 Å². The summed E-state index contributed by atoms with van der Waals surface area (Å²) in [6.45, 7) is 0. The van der Waals surface area contributed by atoms with Gasteiger partial charge in [-0.2, -0.15) is 0 Å². The zero-order valence-corrected chi connectivity index (χ0v) is 71.2. The standard InChI is InChI=1S/C45H28N2S.2C36H21N3S/c1-3-14-29(15-4-1)38-27-32(28-39(46-38)30-16-5-2-6-17-30)31-18-13-19-33(26-31)47-40-24-11-9-22-36(40)42-34-20-7-8-21-35(34)43-37-23-10-12-25-41(37)48-45(43)44(42)47;1-6-14-28-22(9-1)17-19-30(38-28)29-20-18-23(21-37-29)39-31-15-7-4-12-26(31)33-24-10-2-3-11-25(24)34-27-13-5-8-16-32(27)40-36(34)35(33)39;1-2-10-23-20-37-30(19-22(23)9-1)29-18-17-24(21-38-29)39-31-15-7-5-13-27(31)33-25-11-3-4-12-26(25)34-28-14-6-8-16-32(28)40-36(34)35(33)39/h1-28H;2*1-21H. The first-order valence-electron chi connectivity index (χ1n) is 43.2. The minimum absolute atomic E-state index is 0.868. The SMILES string of the molecule is c1ccc(-c2cc(-c3cccc(-n4c5ccccc5c5c6ccccc6c6c7ccccc7sc6c54)c3)cc(-c3ccccc3)n2)cc1.c1ccc2cc(-c3ccc(-n4c5ccccc5c5c6ccccc6c6c7ccccc7sc6c54)cn3)ncc2c1.c1ccc2nc(-c3ccc(-n4c5ccccc5c5c6ccccc6c6c7ccccc7sc6c54)cn3)ccc2c1. The summed E-state index contributed by atoms with van der Waals surface area (Å²) in [5.74, 6) is 0. The summed E-state index contributed by atoms with van der Waals surface area (Å²) in [6.07, 6.45) is 5.91. The third kappa shape index (κ3) is 11.7. The zero-order valence-electron chi connectivity index (χ0n) is 68.7. The van der Waals surface area contributed by atoms with Crippen molar-refractivity contribution >= 4 is 214 Å². The predicted octanol–water partition coefficient (Wildman–Crippen LogP) is 32.5. The Hall–Kier alpha value is -16.2. The van der Waals surface area contributed by atoms with Crippen LogP contribution in [-0.2, 0) is 0 Å². The van der Waals surface area contributed by atoms with Gasteiger partial charge in [-0.3, -0.25) is 15.0 Å². The molecule has 28 aromatic rings. The molecule has 8 nitrogen and oxygen atoms in total. The summed E-state index contributed by atoms with van der Waals surface area (Å²) in [5, 5.41) is 26.9. The minimum Gasteiger partial charge on any atom is -0.308 e. The van der Waals surface area contributed by atoms with Gasteiger partial charge in [-0.25, -0.2) is 9.97 Å². The summed E-state index contributed by atoms with van der Waals surface area (Å²) in [7, 11) is 0. The number of benzene rings is 17. The van der Waals surface area contributed by atoms with Crippen LogP contribution in [0.3, 0.4) is 0 Å². The van der Waals surface area contributed by atoms with Gasteiger partial charge in [-0.1, -0.05) is 303 Å². The fourth-order valence-corrected chi connectivity index (χ4v) is 23.8. The summed E-state index contributed by atoms with van der Waals surface area (Å²) < 4.78 is 15.2. The van der Waals surface area contributed by atoms with Gasteiger partial charge < -0.3 is 13.7 Å². The molecule has 0 aliphatic rings. The van der Waals surface area contributed by atoms with Crippen molar-refractivity contribution in [2.24, 2.45) is 0 Å². The molecule has 0 atom stereocenters. The molecule has 28 rings (SSSR count). The van der Waals surface area contributed by atoms with E-state index in [0.717, 1.165) is 89.8 Å². The molecule has 0 saturated heterocycles. The van der Waals surface area contributed by atoms with Crippen molar-refractivity contribution in [2.75, 3.05) is 0 Å². The number of nitrogens with zero attached hydrogens (tertiary/aromatic N) is 8. The Bertz CT molecular complexity index is 9000. The molecule has 0 radical (unpaired) electrons. The lowest BCUT2D eigenvalue weighted by molar-refractivity contribution is 1.14. The lowest BCUT2D eigenvalue weighted by atomic mass is 9.99. The normalized spacial score (nSPS) is 11.9. The van der Waals surface area contributed by atoms with Gasteiger partial charge in [-0.05, 0) is 152 Å². The molecule has 128 heavy (non-hydrogen) atoms. The van der Waals surface area contributed by atoms with Gasteiger partial charge in [0.25, 0.3) is 0 Å².